The summed E-state index contributed by atoms with van der Waals surface area (Å²) in [6, 6.07) is 25.4. The first-order valence-corrected chi connectivity index (χ1v) is 10.1. The van der Waals surface area contributed by atoms with Gasteiger partial charge in [0.15, 0.2) is 0 Å². The van der Waals surface area contributed by atoms with Crippen LogP contribution < -0.4 is 14.8 Å². The van der Waals surface area contributed by atoms with E-state index in [0.717, 1.165) is 17.0 Å². The van der Waals surface area contributed by atoms with Crippen molar-refractivity contribution in [3.63, 3.8) is 0 Å². The van der Waals surface area contributed by atoms with Crippen molar-refractivity contribution in [3.8, 4) is 5.75 Å². The Balaban J connectivity index is 1.78. The largest absolute Gasteiger partial charge is 0.497 e. The smallest absolute Gasteiger partial charge is 0.240 e. The molecule has 0 bridgehead atoms. The Morgan fingerprint density at radius 2 is 1.44 bits per heavy atom. The highest BCUT2D eigenvalue weighted by atomic mass is 32.2. The normalized spacial score (nSPS) is 12.3. The third kappa shape index (κ3) is 5.09. The Kier molecular flexibility index (Phi) is 6.11. The molecule has 0 aliphatic rings. The molecule has 0 amide bonds. The molecule has 1 atom stereocenters. The van der Waals surface area contributed by atoms with Crippen LogP contribution in [-0.2, 0) is 10.0 Å². The van der Waals surface area contributed by atoms with Crippen LogP contribution in [0.25, 0.3) is 0 Å². The minimum Gasteiger partial charge on any atom is -0.497 e. The lowest BCUT2D eigenvalue weighted by Gasteiger charge is -2.21. The summed E-state index contributed by atoms with van der Waals surface area (Å²) < 4.78 is 33.0. The van der Waals surface area contributed by atoms with Crippen LogP contribution in [0.4, 0.5) is 5.69 Å². The van der Waals surface area contributed by atoms with E-state index in [1.165, 1.54) is 0 Å². The molecule has 0 aliphatic carbocycles. The maximum absolute atomic E-state index is 12.5. The van der Waals surface area contributed by atoms with Crippen LogP contribution in [0.3, 0.4) is 0 Å². The number of anilines is 1. The van der Waals surface area contributed by atoms with E-state index in [1.807, 2.05) is 54.6 Å². The lowest BCUT2D eigenvalue weighted by Crippen LogP contribution is -2.31. The fourth-order valence-electron chi connectivity index (χ4n) is 2.70. The highest BCUT2D eigenvalue weighted by Gasteiger charge is 2.18. The zero-order valence-corrected chi connectivity index (χ0v) is 15.8. The third-order valence-corrected chi connectivity index (χ3v) is 5.60. The molecule has 6 heteroatoms. The number of hydrogen-bond donors (Lipinski definition) is 2. The van der Waals surface area contributed by atoms with Gasteiger partial charge >= 0.3 is 0 Å². The van der Waals surface area contributed by atoms with E-state index >= 15 is 0 Å². The second kappa shape index (κ2) is 8.70. The number of nitrogens with one attached hydrogen (secondary N) is 2. The van der Waals surface area contributed by atoms with Gasteiger partial charge in [0.05, 0.1) is 18.0 Å². The van der Waals surface area contributed by atoms with E-state index in [0.29, 0.717) is 0 Å². The van der Waals surface area contributed by atoms with Gasteiger partial charge in [0.25, 0.3) is 0 Å². The monoisotopic (exact) mass is 382 g/mol. The van der Waals surface area contributed by atoms with Crippen molar-refractivity contribution in [3.05, 3.63) is 90.5 Å². The van der Waals surface area contributed by atoms with Crippen LogP contribution >= 0.6 is 0 Å². The third-order valence-electron chi connectivity index (χ3n) is 4.16. The van der Waals surface area contributed by atoms with E-state index < -0.39 is 10.0 Å². The summed E-state index contributed by atoms with van der Waals surface area (Å²) in [5, 5.41) is 3.39. The lowest BCUT2D eigenvalue weighted by molar-refractivity contribution is 0.415. The Bertz CT molecular complexity index is 944. The molecular formula is C21H22N2O3S. The van der Waals surface area contributed by atoms with Gasteiger partial charge in [-0.1, -0.05) is 48.5 Å². The van der Waals surface area contributed by atoms with Crippen LogP contribution in [0.2, 0.25) is 0 Å². The molecule has 27 heavy (non-hydrogen) atoms. The number of sulfonamides is 1. The molecule has 0 saturated heterocycles. The SMILES string of the molecule is COc1ccc(NC(CNS(=O)(=O)c2ccccc2)c2ccccc2)cc1. The van der Waals surface area contributed by atoms with Crippen LogP contribution in [-0.4, -0.2) is 22.1 Å². The van der Waals surface area contributed by atoms with Crippen molar-refractivity contribution in [2.75, 3.05) is 19.0 Å². The Labute approximate surface area is 160 Å². The molecular weight excluding hydrogens is 360 g/mol. The predicted octanol–water partition coefficient (Wildman–Crippen LogP) is 3.83. The van der Waals surface area contributed by atoms with Crippen LogP contribution in [0.15, 0.2) is 89.8 Å². The van der Waals surface area contributed by atoms with E-state index in [4.69, 9.17) is 4.74 Å². The molecule has 2 N–H and O–H groups in total. The van der Waals surface area contributed by atoms with E-state index in [2.05, 4.69) is 10.0 Å². The summed E-state index contributed by atoms with van der Waals surface area (Å²) in [6.07, 6.45) is 0. The van der Waals surface area contributed by atoms with Gasteiger partial charge in [-0.3, -0.25) is 0 Å². The molecule has 1 unspecified atom stereocenters. The number of hydrogen-bond acceptors (Lipinski definition) is 4. The Morgan fingerprint density at radius 3 is 2.04 bits per heavy atom. The average molecular weight is 382 g/mol. The van der Waals surface area contributed by atoms with E-state index in [1.54, 1.807) is 37.4 Å². The molecule has 3 aromatic rings. The standard InChI is InChI=1S/C21H22N2O3S/c1-26-19-14-12-18(13-15-19)23-21(17-8-4-2-5-9-17)16-22-27(24,25)20-10-6-3-7-11-20/h2-15,21-23H,16H2,1H3. The highest BCUT2D eigenvalue weighted by molar-refractivity contribution is 7.89. The lowest BCUT2D eigenvalue weighted by atomic mass is 10.1. The minimum absolute atomic E-state index is 0.216. The van der Waals surface area contributed by atoms with Crippen molar-refractivity contribution < 1.29 is 13.2 Å². The number of rotatable bonds is 8. The predicted molar refractivity (Wildman–Crippen MR) is 107 cm³/mol. The van der Waals surface area contributed by atoms with Gasteiger partial charge in [0.2, 0.25) is 10.0 Å². The molecule has 0 saturated carbocycles. The molecule has 0 heterocycles. The Hall–Kier alpha value is -2.83. The maximum Gasteiger partial charge on any atom is 0.240 e. The van der Waals surface area contributed by atoms with Crippen LogP contribution in [0, 0.1) is 0 Å². The topological polar surface area (TPSA) is 67.4 Å². The molecule has 0 aliphatic heterocycles. The highest BCUT2D eigenvalue weighted by Crippen LogP contribution is 2.22. The van der Waals surface area contributed by atoms with E-state index in [-0.39, 0.29) is 17.5 Å². The number of methoxy groups -OCH3 is 1. The van der Waals surface area contributed by atoms with Gasteiger partial charge in [0.1, 0.15) is 5.75 Å². The van der Waals surface area contributed by atoms with Crippen molar-refractivity contribution in [1.82, 2.24) is 4.72 Å². The fraction of sp³-hybridized carbons (Fsp3) is 0.143. The van der Waals surface area contributed by atoms with Crippen molar-refractivity contribution >= 4 is 15.7 Å². The van der Waals surface area contributed by atoms with Gasteiger partial charge in [-0.15, -0.1) is 0 Å². The van der Waals surface area contributed by atoms with Crippen molar-refractivity contribution in [2.45, 2.75) is 10.9 Å². The molecule has 3 rings (SSSR count). The van der Waals surface area contributed by atoms with Crippen LogP contribution in [0.1, 0.15) is 11.6 Å². The van der Waals surface area contributed by atoms with Crippen molar-refractivity contribution in [1.29, 1.82) is 0 Å². The van der Waals surface area contributed by atoms with Gasteiger partial charge in [-0.05, 0) is 42.0 Å². The quantitative estimate of drug-likeness (QED) is 0.621. The average Bonchev–Trinajstić information content (AvgIpc) is 2.73. The van der Waals surface area contributed by atoms with Gasteiger partial charge in [-0.25, -0.2) is 13.1 Å². The summed E-state index contributed by atoms with van der Waals surface area (Å²) in [5.41, 5.74) is 1.87. The first-order valence-electron chi connectivity index (χ1n) is 8.59. The molecule has 5 nitrogen and oxygen atoms in total. The molecule has 3 aromatic carbocycles. The summed E-state index contributed by atoms with van der Waals surface area (Å²) in [6.45, 7) is 0.216. The van der Waals surface area contributed by atoms with E-state index in [9.17, 15) is 8.42 Å². The molecule has 0 radical (unpaired) electrons. The maximum atomic E-state index is 12.5. The number of ether oxygens (including phenoxy) is 1. The summed E-state index contributed by atoms with van der Waals surface area (Å²) >= 11 is 0. The van der Waals surface area contributed by atoms with Crippen molar-refractivity contribution in [2.24, 2.45) is 0 Å². The van der Waals surface area contributed by atoms with Gasteiger partial charge in [-0.2, -0.15) is 0 Å². The first-order chi connectivity index (χ1) is 13.1. The van der Waals surface area contributed by atoms with Gasteiger partial charge < -0.3 is 10.1 Å². The zero-order valence-electron chi connectivity index (χ0n) is 15.0. The minimum atomic E-state index is -3.58. The summed E-state index contributed by atoms with van der Waals surface area (Å²) in [7, 11) is -1.96. The Morgan fingerprint density at radius 1 is 0.852 bits per heavy atom. The second-order valence-electron chi connectivity index (χ2n) is 6.00. The van der Waals surface area contributed by atoms with Gasteiger partial charge in [0, 0.05) is 12.2 Å². The molecule has 0 spiro atoms. The second-order valence-corrected chi connectivity index (χ2v) is 7.77. The first kappa shape index (κ1) is 18.9. The summed E-state index contributed by atoms with van der Waals surface area (Å²) in [5.74, 6) is 0.765. The molecule has 0 fully saturated rings. The fourth-order valence-corrected chi connectivity index (χ4v) is 3.77. The zero-order chi connectivity index (χ0) is 19.1. The van der Waals surface area contributed by atoms with Crippen LogP contribution in [0.5, 0.6) is 5.75 Å². The summed E-state index contributed by atoms with van der Waals surface area (Å²) in [4.78, 5) is 0.251. The molecule has 0 aromatic heterocycles. The molecule has 140 valence electrons. The number of benzene rings is 3.